The van der Waals surface area contributed by atoms with E-state index >= 15 is 0 Å². The molecule has 3 rings (SSSR count). The average molecular weight is 449 g/mol. The zero-order chi connectivity index (χ0) is 23.1. The van der Waals surface area contributed by atoms with Crippen molar-refractivity contribution in [2.24, 2.45) is 0 Å². The van der Waals surface area contributed by atoms with Crippen LogP contribution in [0.3, 0.4) is 0 Å². The van der Waals surface area contributed by atoms with Gasteiger partial charge in [0.25, 0.3) is 0 Å². The summed E-state index contributed by atoms with van der Waals surface area (Å²) in [6.07, 6.45) is 4.26. The lowest BCUT2D eigenvalue weighted by molar-refractivity contribution is -0.534. The van der Waals surface area contributed by atoms with E-state index in [1.165, 1.54) is 4.90 Å². The first kappa shape index (κ1) is 24.5. The molecule has 1 saturated carbocycles. The third-order valence-corrected chi connectivity index (χ3v) is 6.09. The van der Waals surface area contributed by atoms with Gasteiger partial charge in [0.1, 0.15) is 11.6 Å². The molecule has 2 atom stereocenters. The van der Waals surface area contributed by atoms with Crippen molar-refractivity contribution in [3.05, 3.63) is 46.0 Å². The standard InChI is InChI=1S/C24H36N2O6/c1-24(2,3)32-23(27)25-15-7-10-21(26(28)29)22(25)17-31-20-13-11-19(12-14-20)30-16-18-8-5-4-6-9-18/h4-6,8-9,19-22H,7,10-17H2,1-3H3. The van der Waals surface area contributed by atoms with Crippen LogP contribution in [0.2, 0.25) is 0 Å². The lowest BCUT2D eigenvalue weighted by atomic mass is 9.94. The van der Waals surface area contributed by atoms with Crippen molar-refractivity contribution in [3.8, 4) is 0 Å². The van der Waals surface area contributed by atoms with Gasteiger partial charge in [-0.3, -0.25) is 15.0 Å². The molecule has 1 amide bonds. The van der Waals surface area contributed by atoms with Gasteiger partial charge in [-0.2, -0.15) is 0 Å². The highest BCUT2D eigenvalue weighted by molar-refractivity contribution is 5.68. The quantitative estimate of drug-likeness (QED) is 0.448. The van der Waals surface area contributed by atoms with Crippen LogP contribution < -0.4 is 0 Å². The van der Waals surface area contributed by atoms with Crippen LogP contribution in [0.4, 0.5) is 4.79 Å². The highest BCUT2D eigenvalue weighted by atomic mass is 16.6. The molecule has 2 fully saturated rings. The molecule has 8 heteroatoms. The summed E-state index contributed by atoms with van der Waals surface area (Å²) in [6, 6.07) is 8.68. The van der Waals surface area contributed by atoms with Crippen LogP contribution in [0, 0.1) is 10.1 Å². The Labute approximate surface area is 190 Å². The van der Waals surface area contributed by atoms with E-state index in [0.29, 0.717) is 26.0 Å². The van der Waals surface area contributed by atoms with Crippen LogP contribution >= 0.6 is 0 Å². The fourth-order valence-electron chi connectivity index (χ4n) is 4.42. The molecule has 1 heterocycles. The van der Waals surface area contributed by atoms with E-state index in [9.17, 15) is 14.9 Å². The summed E-state index contributed by atoms with van der Waals surface area (Å²) in [6.45, 7) is 6.60. The largest absolute Gasteiger partial charge is 0.444 e. The minimum Gasteiger partial charge on any atom is -0.444 e. The van der Waals surface area contributed by atoms with Crippen molar-refractivity contribution in [2.75, 3.05) is 13.2 Å². The number of likely N-dealkylation sites (tertiary alicyclic amines) is 1. The Bertz CT molecular complexity index is 743. The lowest BCUT2D eigenvalue weighted by Gasteiger charge is -2.38. The van der Waals surface area contributed by atoms with Gasteiger partial charge in [-0.1, -0.05) is 30.3 Å². The fourth-order valence-corrected chi connectivity index (χ4v) is 4.42. The second-order valence-electron chi connectivity index (χ2n) is 9.76. The van der Waals surface area contributed by atoms with E-state index in [0.717, 1.165) is 31.2 Å². The normalized spacial score (nSPS) is 26.5. The Morgan fingerprint density at radius 2 is 1.69 bits per heavy atom. The summed E-state index contributed by atoms with van der Waals surface area (Å²) in [5, 5.41) is 11.7. The molecule has 178 valence electrons. The molecule has 1 aliphatic carbocycles. The molecular weight excluding hydrogens is 412 g/mol. The van der Waals surface area contributed by atoms with Gasteiger partial charge in [0.15, 0.2) is 0 Å². The maximum Gasteiger partial charge on any atom is 0.410 e. The third kappa shape index (κ3) is 7.17. The van der Waals surface area contributed by atoms with E-state index in [2.05, 4.69) is 12.1 Å². The second-order valence-corrected chi connectivity index (χ2v) is 9.76. The molecule has 0 bridgehead atoms. The van der Waals surface area contributed by atoms with Crippen molar-refractivity contribution < 1.29 is 23.9 Å². The molecule has 0 radical (unpaired) electrons. The minimum atomic E-state index is -0.832. The topological polar surface area (TPSA) is 91.1 Å². The smallest absolute Gasteiger partial charge is 0.410 e. The number of carbonyl (C=O) groups excluding carboxylic acids is 1. The SMILES string of the molecule is CC(C)(C)OC(=O)N1CCCC([N+](=O)[O-])C1COC1CCC(OCc2ccccc2)CC1. The number of hydrogen-bond acceptors (Lipinski definition) is 6. The summed E-state index contributed by atoms with van der Waals surface area (Å²) in [5.41, 5.74) is 0.513. The van der Waals surface area contributed by atoms with E-state index in [1.54, 1.807) is 20.8 Å². The molecule has 1 aromatic rings. The van der Waals surface area contributed by atoms with Crippen molar-refractivity contribution in [1.82, 2.24) is 4.90 Å². The van der Waals surface area contributed by atoms with E-state index < -0.39 is 23.8 Å². The Balaban J connectivity index is 1.50. The highest BCUT2D eigenvalue weighted by Gasteiger charge is 2.43. The molecule has 2 unspecified atom stereocenters. The Morgan fingerprint density at radius 1 is 1.06 bits per heavy atom. The molecule has 2 aliphatic rings. The number of amides is 1. The Morgan fingerprint density at radius 3 is 2.28 bits per heavy atom. The van der Waals surface area contributed by atoms with Gasteiger partial charge < -0.3 is 14.2 Å². The molecule has 1 aromatic carbocycles. The predicted octanol–water partition coefficient (Wildman–Crippen LogP) is 4.58. The van der Waals surface area contributed by atoms with Crippen LogP contribution in [-0.2, 0) is 20.8 Å². The Hall–Kier alpha value is -2.19. The van der Waals surface area contributed by atoms with Gasteiger partial charge >= 0.3 is 6.09 Å². The number of ether oxygens (including phenoxy) is 3. The summed E-state index contributed by atoms with van der Waals surface area (Å²) < 4.78 is 17.7. The molecule has 1 saturated heterocycles. The van der Waals surface area contributed by atoms with Crippen molar-refractivity contribution in [3.63, 3.8) is 0 Å². The van der Waals surface area contributed by atoms with Crippen LogP contribution in [0.25, 0.3) is 0 Å². The zero-order valence-electron chi connectivity index (χ0n) is 19.4. The number of nitro groups is 1. The van der Waals surface area contributed by atoms with E-state index in [4.69, 9.17) is 14.2 Å². The van der Waals surface area contributed by atoms with Gasteiger partial charge in [0.2, 0.25) is 6.04 Å². The summed E-state index contributed by atoms with van der Waals surface area (Å²) in [5.74, 6) is 0. The number of nitrogens with zero attached hydrogens (tertiary/aromatic N) is 2. The van der Waals surface area contributed by atoms with Crippen molar-refractivity contribution >= 4 is 6.09 Å². The minimum absolute atomic E-state index is 0.0291. The molecule has 0 aromatic heterocycles. The molecular formula is C24H36N2O6. The number of hydrogen-bond donors (Lipinski definition) is 0. The van der Waals surface area contributed by atoms with Crippen molar-refractivity contribution in [2.45, 2.75) is 95.8 Å². The van der Waals surface area contributed by atoms with Gasteiger partial charge in [0, 0.05) is 17.9 Å². The van der Waals surface area contributed by atoms with Gasteiger partial charge in [-0.15, -0.1) is 0 Å². The molecule has 0 N–H and O–H groups in total. The first-order chi connectivity index (χ1) is 15.2. The molecule has 0 spiro atoms. The van der Waals surface area contributed by atoms with Crippen LogP contribution in [0.15, 0.2) is 30.3 Å². The monoisotopic (exact) mass is 448 g/mol. The number of carbonyl (C=O) groups is 1. The number of rotatable bonds is 7. The molecule has 8 nitrogen and oxygen atoms in total. The van der Waals surface area contributed by atoms with Gasteiger partial charge in [-0.25, -0.2) is 4.79 Å². The van der Waals surface area contributed by atoms with E-state index in [-0.39, 0.29) is 23.7 Å². The first-order valence-electron chi connectivity index (χ1n) is 11.6. The summed E-state index contributed by atoms with van der Waals surface area (Å²) in [7, 11) is 0. The zero-order valence-corrected chi connectivity index (χ0v) is 19.4. The summed E-state index contributed by atoms with van der Waals surface area (Å²) >= 11 is 0. The average Bonchev–Trinajstić information content (AvgIpc) is 2.76. The number of piperidine rings is 1. The lowest BCUT2D eigenvalue weighted by Crippen LogP contribution is -2.57. The Kier molecular flexibility index (Phi) is 8.48. The van der Waals surface area contributed by atoms with Gasteiger partial charge in [-0.05, 0) is 58.4 Å². The summed E-state index contributed by atoms with van der Waals surface area (Å²) in [4.78, 5) is 25.6. The maximum absolute atomic E-state index is 12.7. The van der Waals surface area contributed by atoms with Crippen LogP contribution in [0.5, 0.6) is 0 Å². The second kappa shape index (κ2) is 11.1. The van der Waals surface area contributed by atoms with Crippen LogP contribution in [0.1, 0.15) is 64.9 Å². The maximum atomic E-state index is 12.7. The predicted molar refractivity (Wildman–Crippen MR) is 120 cm³/mol. The first-order valence-corrected chi connectivity index (χ1v) is 11.6. The van der Waals surface area contributed by atoms with Crippen LogP contribution in [-0.4, -0.2) is 59.0 Å². The fraction of sp³-hybridized carbons (Fsp3) is 0.708. The van der Waals surface area contributed by atoms with E-state index in [1.807, 2.05) is 18.2 Å². The number of benzene rings is 1. The highest BCUT2D eigenvalue weighted by Crippen LogP contribution is 2.27. The molecule has 32 heavy (non-hydrogen) atoms. The molecule has 1 aliphatic heterocycles. The van der Waals surface area contributed by atoms with Gasteiger partial charge in [0.05, 0.1) is 25.4 Å². The van der Waals surface area contributed by atoms with Crippen molar-refractivity contribution in [1.29, 1.82) is 0 Å². The third-order valence-electron chi connectivity index (χ3n) is 6.09.